The van der Waals surface area contributed by atoms with Gasteiger partial charge in [0, 0.05) is 12.6 Å². The van der Waals surface area contributed by atoms with Crippen LogP contribution < -0.4 is 19.5 Å². The van der Waals surface area contributed by atoms with E-state index in [4.69, 9.17) is 14.2 Å². The van der Waals surface area contributed by atoms with E-state index in [0.717, 1.165) is 29.0 Å². The van der Waals surface area contributed by atoms with E-state index in [1.54, 1.807) is 13.2 Å². The molecule has 0 spiro atoms. The van der Waals surface area contributed by atoms with E-state index >= 15 is 0 Å². The molecule has 24 heavy (non-hydrogen) atoms. The number of benzene rings is 2. The summed E-state index contributed by atoms with van der Waals surface area (Å²) in [4.78, 5) is 11.9. The van der Waals surface area contributed by atoms with Gasteiger partial charge in [-0.15, -0.1) is 0 Å². The highest BCUT2D eigenvalue weighted by Gasteiger charge is 2.12. The van der Waals surface area contributed by atoms with Gasteiger partial charge in [0.05, 0.1) is 7.11 Å². The molecular weight excluding hydrogens is 306 g/mol. The van der Waals surface area contributed by atoms with Crippen molar-refractivity contribution in [1.29, 1.82) is 0 Å². The van der Waals surface area contributed by atoms with E-state index in [-0.39, 0.29) is 12.7 Å². The second-order valence-corrected chi connectivity index (χ2v) is 5.34. The number of hydrogen-bond donors (Lipinski definition) is 1. The molecule has 124 valence electrons. The Bertz CT molecular complexity index is 738. The lowest BCUT2D eigenvalue weighted by atomic mass is 10.1. The van der Waals surface area contributed by atoms with Crippen molar-refractivity contribution in [3.63, 3.8) is 0 Å². The second kappa shape index (κ2) is 7.55. The van der Waals surface area contributed by atoms with Crippen LogP contribution in [0.15, 0.2) is 48.5 Å². The van der Waals surface area contributed by atoms with E-state index in [2.05, 4.69) is 5.32 Å². The first-order chi connectivity index (χ1) is 11.7. The Labute approximate surface area is 140 Å². The van der Waals surface area contributed by atoms with Crippen LogP contribution in [-0.2, 0) is 11.2 Å². The predicted octanol–water partition coefficient (Wildman–Crippen LogP) is 2.80. The van der Waals surface area contributed by atoms with Crippen molar-refractivity contribution in [1.82, 2.24) is 5.32 Å². The van der Waals surface area contributed by atoms with Gasteiger partial charge < -0.3 is 19.5 Å². The summed E-state index contributed by atoms with van der Waals surface area (Å²) in [5, 5.41) is 2.87. The Hall–Kier alpha value is -2.95. The Kier molecular flexibility index (Phi) is 5.01. The fourth-order valence-electron chi connectivity index (χ4n) is 2.37. The van der Waals surface area contributed by atoms with Crippen LogP contribution in [0.1, 0.15) is 11.1 Å². The van der Waals surface area contributed by atoms with Crippen LogP contribution in [0.2, 0.25) is 0 Å². The third kappa shape index (κ3) is 4.07. The van der Waals surface area contributed by atoms with E-state index < -0.39 is 0 Å². The van der Waals surface area contributed by atoms with Crippen LogP contribution in [0.25, 0.3) is 6.08 Å². The number of fused-ring (bicyclic) bond motifs is 1. The number of carbonyl (C=O) groups excluding carboxylic acids is 1. The van der Waals surface area contributed by atoms with E-state index in [0.29, 0.717) is 12.3 Å². The first kappa shape index (κ1) is 15.9. The molecule has 1 N–H and O–H groups in total. The monoisotopic (exact) mass is 325 g/mol. The SMILES string of the molecule is COc1ccc(CCNC(=O)/C=C/c2ccc3c(c2)OCO3)cc1. The van der Waals surface area contributed by atoms with Crippen molar-refractivity contribution in [3.05, 3.63) is 59.7 Å². The molecule has 0 fully saturated rings. The normalized spacial score (nSPS) is 12.4. The third-order valence-electron chi connectivity index (χ3n) is 3.70. The first-order valence-electron chi connectivity index (χ1n) is 7.73. The molecule has 0 aliphatic carbocycles. The number of ether oxygens (including phenoxy) is 3. The number of rotatable bonds is 6. The summed E-state index contributed by atoms with van der Waals surface area (Å²) in [6, 6.07) is 13.4. The minimum absolute atomic E-state index is 0.124. The highest BCUT2D eigenvalue weighted by Crippen LogP contribution is 2.32. The number of amides is 1. The van der Waals surface area contributed by atoms with Crippen LogP contribution in [0.5, 0.6) is 17.2 Å². The maximum atomic E-state index is 11.9. The molecule has 2 aromatic carbocycles. The molecule has 0 radical (unpaired) electrons. The quantitative estimate of drug-likeness (QED) is 0.830. The number of carbonyl (C=O) groups is 1. The minimum atomic E-state index is -0.124. The molecule has 0 saturated carbocycles. The zero-order valence-corrected chi connectivity index (χ0v) is 13.5. The summed E-state index contributed by atoms with van der Waals surface area (Å²) in [5.74, 6) is 2.14. The van der Waals surface area contributed by atoms with Gasteiger partial charge >= 0.3 is 0 Å². The molecule has 1 heterocycles. The summed E-state index contributed by atoms with van der Waals surface area (Å²) in [6.07, 6.45) is 4.05. The van der Waals surface area contributed by atoms with Crippen LogP contribution >= 0.6 is 0 Å². The van der Waals surface area contributed by atoms with E-state index in [9.17, 15) is 4.79 Å². The third-order valence-corrected chi connectivity index (χ3v) is 3.70. The maximum absolute atomic E-state index is 11.9. The largest absolute Gasteiger partial charge is 0.497 e. The number of hydrogen-bond acceptors (Lipinski definition) is 4. The smallest absolute Gasteiger partial charge is 0.244 e. The van der Waals surface area contributed by atoms with Gasteiger partial charge in [0.15, 0.2) is 11.5 Å². The first-order valence-corrected chi connectivity index (χ1v) is 7.73. The van der Waals surface area contributed by atoms with E-state index in [1.807, 2.05) is 42.5 Å². The van der Waals surface area contributed by atoms with Gasteiger partial charge in [0.25, 0.3) is 0 Å². The van der Waals surface area contributed by atoms with Crippen LogP contribution in [0, 0.1) is 0 Å². The van der Waals surface area contributed by atoms with Gasteiger partial charge in [-0.2, -0.15) is 0 Å². The molecule has 0 unspecified atom stereocenters. The Morgan fingerprint density at radius 3 is 2.75 bits per heavy atom. The fourth-order valence-corrected chi connectivity index (χ4v) is 2.37. The Morgan fingerprint density at radius 2 is 1.96 bits per heavy atom. The molecule has 0 bridgehead atoms. The topological polar surface area (TPSA) is 56.8 Å². The summed E-state index contributed by atoms with van der Waals surface area (Å²) in [6.45, 7) is 0.824. The summed E-state index contributed by atoms with van der Waals surface area (Å²) < 4.78 is 15.7. The van der Waals surface area contributed by atoms with Crippen molar-refractivity contribution >= 4 is 12.0 Å². The zero-order chi connectivity index (χ0) is 16.8. The van der Waals surface area contributed by atoms with E-state index in [1.165, 1.54) is 6.08 Å². The maximum Gasteiger partial charge on any atom is 0.244 e. The van der Waals surface area contributed by atoms with Gasteiger partial charge in [0.2, 0.25) is 12.7 Å². The molecule has 0 aromatic heterocycles. The van der Waals surface area contributed by atoms with Crippen molar-refractivity contribution < 1.29 is 19.0 Å². The molecule has 5 heteroatoms. The minimum Gasteiger partial charge on any atom is -0.497 e. The standard InChI is InChI=1S/C19H19NO4/c1-22-16-6-2-14(3-7-16)10-11-20-19(21)9-5-15-4-8-17-18(12-15)24-13-23-17/h2-9,12H,10-11,13H2,1H3,(H,20,21)/b9-5+. The lowest BCUT2D eigenvalue weighted by Crippen LogP contribution is -2.23. The lowest BCUT2D eigenvalue weighted by molar-refractivity contribution is -0.116. The van der Waals surface area contributed by atoms with Gasteiger partial charge in [0.1, 0.15) is 5.75 Å². The van der Waals surface area contributed by atoms with Crippen LogP contribution in [0.4, 0.5) is 0 Å². The molecule has 1 amide bonds. The summed E-state index contributed by atoms with van der Waals surface area (Å²) in [7, 11) is 1.64. The molecule has 5 nitrogen and oxygen atoms in total. The molecule has 0 saturated heterocycles. The highest BCUT2D eigenvalue weighted by atomic mass is 16.7. The molecule has 2 aromatic rings. The summed E-state index contributed by atoms with van der Waals surface area (Å²) >= 11 is 0. The number of methoxy groups -OCH3 is 1. The van der Waals surface area contributed by atoms with Gasteiger partial charge in [-0.25, -0.2) is 0 Å². The zero-order valence-electron chi connectivity index (χ0n) is 13.5. The fraction of sp³-hybridized carbons (Fsp3) is 0.211. The van der Waals surface area contributed by atoms with Crippen molar-refractivity contribution in [2.75, 3.05) is 20.4 Å². The lowest BCUT2D eigenvalue weighted by Gasteiger charge is -2.04. The van der Waals surface area contributed by atoms with Crippen molar-refractivity contribution in [2.45, 2.75) is 6.42 Å². The molecule has 0 atom stereocenters. The van der Waals surface area contributed by atoms with Crippen molar-refractivity contribution in [2.24, 2.45) is 0 Å². The van der Waals surface area contributed by atoms with Gasteiger partial charge in [-0.05, 0) is 47.9 Å². The Balaban J connectivity index is 1.46. The van der Waals surface area contributed by atoms with Gasteiger partial charge in [-0.1, -0.05) is 18.2 Å². The number of nitrogens with one attached hydrogen (secondary N) is 1. The highest BCUT2D eigenvalue weighted by molar-refractivity contribution is 5.91. The molecule has 3 rings (SSSR count). The molecule has 1 aliphatic rings. The molecular formula is C19H19NO4. The molecule has 1 aliphatic heterocycles. The van der Waals surface area contributed by atoms with Crippen molar-refractivity contribution in [3.8, 4) is 17.2 Å². The average molecular weight is 325 g/mol. The average Bonchev–Trinajstić information content (AvgIpc) is 3.08. The van der Waals surface area contributed by atoms with Crippen LogP contribution in [-0.4, -0.2) is 26.4 Å². The van der Waals surface area contributed by atoms with Gasteiger partial charge in [-0.3, -0.25) is 4.79 Å². The second-order valence-electron chi connectivity index (χ2n) is 5.34. The Morgan fingerprint density at radius 1 is 1.17 bits per heavy atom. The van der Waals surface area contributed by atoms with Crippen LogP contribution in [0.3, 0.4) is 0 Å². The summed E-state index contributed by atoms with van der Waals surface area (Å²) in [5.41, 5.74) is 2.04. The predicted molar refractivity (Wildman–Crippen MR) is 91.3 cm³/mol.